The SMILES string of the molecule is COc1cc(CN2CN(CCN3CCOCC3)c3ccccc32)cc(OC)c1OC. The van der Waals surface area contributed by atoms with Crippen molar-refractivity contribution < 1.29 is 18.9 Å². The van der Waals surface area contributed by atoms with Crippen LogP contribution in [0.1, 0.15) is 5.56 Å². The number of morpholine rings is 1. The number of rotatable bonds is 8. The van der Waals surface area contributed by atoms with Gasteiger partial charge in [0.15, 0.2) is 11.5 Å². The lowest BCUT2D eigenvalue weighted by Crippen LogP contribution is -2.42. The maximum atomic E-state index is 5.53. The number of para-hydroxylation sites is 2. The van der Waals surface area contributed by atoms with Crippen LogP contribution in [0.3, 0.4) is 0 Å². The van der Waals surface area contributed by atoms with Crippen molar-refractivity contribution in [2.45, 2.75) is 6.54 Å². The number of nitrogens with zero attached hydrogens (tertiary/aromatic N) is 3. The number of fused-ring (bicyclic) bond motifs is 1. The third kappa shape index (κ3) is 4.27. The first-order valence-corrected chi connectivity index (χ1v) is 10.4. The van der Waals surface area contributed by atoms with Crippen molar-refractivity contribution in [3.8, 4) is 17.2 Å². The Morgan fingerprint density at radius 1 is 0.833 bits per heavy atom. The van der Waals surface area contributed by atoms with E-state index >= 15 is 0 Å². The van der Waals surface area contributed by atoms with E-state index in [2.05, 4.69) is 39.0 Å². The molecule has 2 aliphatic rings. The van der Waals surface area contributed by atoms with Crippen LogP contribution in [-0.4, -0.2) is 72.3 Å². The van der Waals surface area contributed by atoms with E-state index in [-0.39, 0.29) is 0 Å². The lowest BCUT2D eigenvalue weighted by Gasteiger charge is -2.29. The minimum atomic E-state index is 0.623. The molecule has 4 rings (SSSR count). The summed E-state index contributed by atoms with van der Waals surface area (Å²) in [5.41, 5.74) is 3.67. The van der Waals surface area contributed by atoms with Gasteiger partial charge in [0, 0.05) is 32.7 Å². The molecule has 0 N–H and O–H groups in total. The molecule has 2 aromatic rings. The number of hydrogen-bond donors (Lipinski definition) is 0. The molecule has 0 bridgehead atoms. The van der Waals surface area contributed by atoms with Crippen LogP contribution in [0.15, 0.2) is 36.4 Å². The molecule has 0 radical (unpaired) electrons. The molecule has 1 fully saturated rings. The maximum absolute atomic E-state index is 5.53. The van der Waals surface area contributed by atoms with E-state index in [1.165, 1.54) is 11.4 Å². The Kier molecular flexibility index (Phi) is 6.50. The van der Waals surface area contributed by atoms with E-state index in [4.69, 9.17) is 18.9 Å². The summed E-state index contributed by atoms with van der Waals surface area (Å²) in [6, 6.07) is 12.7. The summed E-state index contributed by atoms with van der Waals surface area (Å²) in [7, 11) is 4.93. The second kappa shape index (κ2) is 9.45. The molecular formula is C23H31N3O4. The average molecular weight is 414 g/mol. The summed E-state index contributed by atoms with van der Waals surface area (Å²) in [4.78, 5) is 7.34. The van der Waals surface area contributed by atoms with E-state index < -0.39 is 0 Å². The second-order valence-electron chi connectivity index (χ2n) is 7.58. The van der Waals surface area contributed by atoms with Gasteiger partial charge < -0.3 is 28.7 Å². The van der Waals surface area contributed by atoms with Crippen molar-refractivity contribution >= 4 is 11.4 Å². The minimum absolute atomic E-state index is 0.623. The molecule has 0 aliphatic carbocycles. The fourth-order valence-corrected chi connectivity index (χ4v) is 4.22. The van der Waals surface area contributed by atoms with Crippen LogP contribution in [-0.2, 0) is 11.3 Å². The number of ether oxygens (including phenoxy) is 4. The largest absolute Gasteiger partial charge is 0.493 e. The lowest BCUT2D eigenvalue weighted by atomic mass is 10.1. The highest BCUT2D eigenvalue weighted by atomic mass is 16.5. The molecule has 162 valence electrons. The summed E-state index contributed by atoms with van der Waals surface area (Å²) >= 11 is 0. The van der Waals surface area contributed by atoms with E-state index in [0.717, 1.165) is 58.2 Å². The monoisotopic (exact) mass is 413 g/mol. The van der Waals surface area contributed by atoms with E-state index in [9.17, 15) is 0 Å². The molecule has 0 saturated carbocycles. The summed E-state index contributed by atoms with van der Waals surface area (Å²) < 4.78 is 22.0. The molecular weight excluding hydrogens is 382 g/mol. The van der Waals surface area contributed by atoms with Gasteiger partial charge in [-0.25, -0.2) is 0 Å². The number of benzene rings is 2. The van der Waals surface area contributed by atoms with Crippen LogP contribution in [0.4, 0.5) is 11.4 Å². The third-order valence-corrected chi connectivity index (χ3v) is 5.79. The molecule has 2 heterocycles. The highest BCUT2D eigenvalue weighted by Gasteiger charge is 2.26. The molecule has 0 aromatic heterocycles. The van der Waals surface area contributed by atoms with Gasteiger partial charge in [-0.05, 0) is 29.8 Å². The molecule has 0 unspecified atom stereocenters. The molecule has 2 aromatic carbocycles. The fraction of sp³-hybridized carbons (Fsp3) is 0.478. The van der Waals surface area contributed by atoms with Crippen molar-refractivity contribution in [2.24, 2.45) is 0 Å². The quantitative estimate of drug-likeness (QED) is 0.659. The molecule has 0 atom stereocenters. The predicted molar refractivity (Wildman–Crippen MR) is 118 cm³/mol. The lowest BCUT2D eigenvalue weighted by molar-refractivity contribution is 0.0392. The van der Waals surface area contributed by atoms with Crippen molar-refractivity contribution in [3.63, 3.8) is 0 Å². The Labute approximate surface area is 178 Å². The van der Waals surface area contributed by atoms with Crippen LogP contribution >= 0.6 is 0 Å². The summed E-state index contributed by atoms with van der Waals surface area (Å²) in [5, 5.41) is 0. The molecule has 7 heteroatoms. The van der Waals surface area contributed by atoms with E-state index in [1.54, 1.807) is 21.3 Å². The zero-order chi connectivity index (χ0) is 20.9. The van der Waals surface area contributed by atoms with Gasteiger partial charge in [-0.3, -0.25) is 4.90 Å². The average Bonchev–Trinajstić information content (AvgIpc) is 3.15. The molecule has 7 nitrogen and oxygen atoms in total. The van der Waals surface area contributed by atoms with Crippen LogP contribution in [0.2, 0.25) is 0 Å². The Bertz CT molecular complexity index is 829. The minimum Gasteiger partial charge on any atom is -0.493 e. The van der Waals surface area contributed by atoms with Crippen LogP contribution < -0.4 is 24.0 Å². The Hall–Kier alpha value is -2.64. The Morgan fingerprint density at radius 3 is 2.07 bits per heavy atom. The van der Waals surface area contributed by atoms with Gasteiger partial charge in [-0.1, -0.05) is 12.1 Å². The van der Waals surface area contributed by atoms with Gasteiger partial charge in [0.2, 0.25) is 5.75 Å². The van der Waals surface area contributed by atoms with Gasteiger partial charge in [0.05, 0.1) is 52.6 Å². The Balaban J connectivity index is 1.51. The molecule has 0 amide bonds. The highest BCUT2D eigenvalue weighted by Crippen LogP contribution is 2.40. The van der Waals surface area contributed by atoms with Crippen LogP contribution in [0.5, 0.6) is 17.2 Å². The molecule has 1 saturated heterocycles. The van der Waals surface area contributed by atoms with Gasteiger partial charge in [-0.2, -0.15) is 0 Å². The summed E-state index contributed by atoms with van der Waals surface area (Å²) in [6.07, 6.45) is 0. The van der Waals surface area contributed by atoms with Crippen LogP contribution in [0.25, 0.3) is 0 Å². The summed E-state index contributed by atoms with van der Waals surface area (Å²) in [6.45, 7) is 7.39. The third-order valence-electron chi connectivity index (χ3n) is 5.79. The first kappa shape index (κ1) is 20.6. The number of hydrogen-bond acceptors (Lipinski definition) is 7. The first-order chi connectivity index (χ1) is 14.7. The summed E-state index contributed by atoms with van der Waals surface area (Å²) in [5.74, 6) is 1.99. The number of methoxy groups -OCH3 is 3. The van der Waals surface area contributed by atoms with Crippen molar-refractivity contribution in [1.29, 1.82) is 0 Å². The van der Waals surface area contributed by atoms with Crippen molar-refractivity contribution in [1.82, 2.24) is 4.90 Å². The topological polar surface area (TPSA) is 46.6 Å². The maximum Gasteiger partial charge on any atom is 0.203 e. The molecule has 30 heavy (non-hydrogen) atoms. The van der Waals surface area contributed by atoms with E-state index in [0.29, 0.717) is 17.2 Å². The van der Waals surface area contributed by atoms with Gasteiger partial charge >= 0.3 is 0 Å². The van der Waals surface area contributed by atoms with Crippen LogP contribution in [0, 0.1) is 0 Å². The Morgan fingerprint density at radius 2 is 1.47 bits per heavy atom. The zero-order valence-corrected chi connectivity index (χ0v) is 18.1. The highest BCUT2D eigenvalue weighted by molar-refractivity contribution is 5.76. The second-order valence-corrected chi connectivity index (χ2v) is 7.58. The van der Waals surface area contributed by atoms with Gasteiger partial charge in [0.25, 0.3) is 0 Å². The van der Waals surface area contributed by atoms with E-state index in [1.807, 2.05) is 12.1 Å². The van der Waals surface area contributed by atoms with Crippen molar-refractivity contribution in [3.05, 3.63) is 42.0 Å². The standard InChI is InChI=1S/C23H31N3O4/c1-27-21-14-18(15-22(28-2)23(21)29-3)16-26-17-25(19-6-4-5-7-20(19)26)9-8-24-10-12-30-13-11-24/h4-7,14-15H,8-13,16-17H2,1-3H3. The number of anilines is 2. The molecule has 0 spiro atoms. The predicted octanol–water partition coefficient (Wildman–Crippen LogP) is 2.83. The van der Waals surface area contributed by atoms with Gasteiger partial charge in [0.1, 0.15) is 0 Å². The van der Waals surface area contributed by atoms with Gasteiger partial charge in [-0.15, -0.1) is 0 Å². The van der Waals surface area contributed by atoms with Crippen molar-refractivity contribution in [2.75, 3.05) is 77.2 Å². The molecule has 2 aliphatic heterocycles. The normalized spacial score (nSPS) is 16.5. The smallest absolute Gasteiger partial charge is 0.203 e. The zero-order valence-electron chi connectivity index (χ0n) is 18.1. The first-order valence-electron chi connectivity index (χ1n) is 10.4. The fourth-order valence-electron chi connectivity index (χ4n) is 4.22.